The Kier molecular flexibility index (Phi) is 5.23. The second kappa shape index (κ2) is 6.94. The molecule has 4 heteroatoms. The molecule has 4 nitrogen and oxygen atoms in total. The van der Waals surface area contributed by atoms with E-state index in [9.17, 15) is 4.79 Å². The molecule has 0 aromatic heterocycles. The van der Waals surface area contributed by atoms with E-state index in [4.69, 9.17) is 10.5 Å². The van der Waals surface area contributed by atoms with Crippen LogP contribution in [0.25, 0.3) is 0 Å². The Morgan fingerprint density at radius 2 is 1.90 bits per heavy atom. The number of likely N-dealkylation sites (tertiary alicyclic amines) is 1. The summed E-state index contributed by atoms with van der Waals surface area (Å²) in [5.74, 6) is 0.850. The van der Waals surface area contributed by atoms with Crippen molar-refractivity contribution in [2.24, 2.45) is 5.73 Å². The molecule has 0 radical (unpaired) electrons. The predicted octanol–water partition coefficient (Wildman–Crippen LogP) is 2.79. The lowest BCUT2D eigenvalue weighted by Crippen LogP contribution is -2.43. The Bertz CT molecular complexity index is 494. The number of ether oxygens (including phenoxy) is 1. The van der Waals surface area contributed by atoms with E-state index in [1.165, 1.54) is 6.42 Å². The van der Waals surface area contributed by atoms with E-state index >= 15 is 0 Å². The number of amides is 1. The summed E-state index contributed by atoms with van der Waals surface area (Å²) in [4.78, 5) is 14.3. The lowest BCUT2D eigenvalue weighted by atomic mass is 10.1. The topological polar surface area (TPSA) is 55.6 Å². The Labute approximate surface area is 127 Å². The van der Waals surface area contributed by atoms with Crippen LogP contribution >= 0.6 is 0 Å². The normalized spacial score (nSPS) is 18.2. The average Bonchev–Trinajstić information content (AvgIpc) is 2.49. The molecule has 1 aliphatic heterocycles. The van der Waals surface area contributed by atoms with Crippen LogP contribution in [0.15, 0.2) is 18.2 Å². The van der Waals surface area contributed by atoms with E-state index < -0.39 is 6.10 Å². The van der Waals surface area contributed by atoms with Crippen molar-refractivity contribution in [3.63, 3.8) is 0 Å². The average molecular weight is 290 g/mol. The number of aryl methyl sites for hydroxylation is 1. The van der Waals surface area contributed by atoms with Crippen LogP contribution in [0.1, 0.15) is 50.3 Å². The van der Waals surface area contributed by atoms with Gasteiger partial charge >= 0.3 is 0 Å². The fraction of sp³-hybridized carbons (Fsp3) is 0.588. The van der Waals surface area contributed by atoms with Gasteiger partial charge in [0.15, 0.2) is 6.10 Å². The molecule has 1 amide bonds. The maximum Gasteiger partial charge on any atom is 0.263 e. The van der Waals surface area contributed by atoms with Gasteiger partial charge in [-0.25, -0.2) is 0 Å². The van der Waals surface area contributed by atoms with Gasteiger partial charge in [0, 0.05) is 19.1 Å². The van der Waals surface area contributed by atoms with Gasteiger partial charge in [0.25, 0.3) is 5.91 Å². The second-order valence-corrected chi connectivity index (χ2v) is 5.96. The first-order chi connectivity index (χ1) is 9.99. The minimum absolute atomic E-state index is 0.00477. The van der Waals surface area contributed by atoms with Crippen LogP contribution in [0, 0.1) is 6.92 Å². The van der Waals surface area contributed by atoms with E-state index in [1.54, 1.807) is 0 Å². The SMILES string of the molecule is Cc1cc([C@H](C)N)ccc1OC(C)C(=O)N1CCCCC1. The Hall–Kier alpha value is -1.55. The summed E-state index contributed by atoms with van der Waals surface area (Å²) in [6.45, 7) is 7.48. The van der Waals surface area contributed by atoms with Crippen molar-refractivity contribution in [2.45, 2.75) is 52.2 Å². The molecule has 2 rings (SSSR count). The first-order valence-electron chi connectivity index (χ1n) is 7.80. The first kappa shape index (κ1) is 15.8. The number of carbonyl (C=O) groups excluding carboxylic acids is 1. The highest BCUT2D eigenvalue weighted by Gasteiger charge is 2.23. The third kappa shape index (κ3) is 3.97. The number of carbonyl (C=O) groups is 1. The third-order valence-corrected chi connectivity index (χ3v) is 4.04. The van der Waals surface area contributed by atoms with Gasteiger partial charge in [0.2, 0.25) is 0 Å². The fourth-order valence-corrected chi connectivity index (χ4v) is 2.70. The van der Waals surface area contributed by atoms with E-state index in [0.717, 1.165) is 42.8 Å². The Morgan fingerprint density at radius 3 is 2.48 bits per heavy atom. The van der Waals surface area contributed by atoms with Crippen molar-refractivity contribution in [3.8, 4) is 5.75 Å². The van der Waals surface area contributed by atoms with E-state index in [-0.39, 0.29) is 11.9 Å². The Balaban J connectivity index is 2.01. The molecule has 1 saturated heterocycles. The predicted molar refractivity (Wildman–Crippen MR) is 84.3 cm³/mol. The molecule has 1 aromatic rings. The number of rotatable bonds is 4. The molecule has 2 N–H and O–H groups in total. The monoisotopic (exact) mass is 290 g/mol. The molecule has 0 spiro atoms. The molecule has 0 aliphatic carbocycles. The summed E-state index contributed by atoms with van der Waals surface area (Å²) in [5.41, 5.74) is 7.97. The highest BCUT2D eigenvalue weighted by atomic mass is 16.5. The molecular formula is C17H26N2O2. The molecule has 1 fully saturated rings. The lowest BCUT2D eigenvalue weighted by molar-refractivity contribution is -0.138. The Morgan fingerprint density at radius 1 is 1.24 bits per heavy atom. The van der Waals surface area contributed by atoms with Crippen LogP contribution < -0.4 is 10.5 Å². The van der Waals surface area contributed by atoms with Gasteiger partial charge < -0.3 is 15.4 Å². The molecule has 1 aromatic carbocycles. The summed E-state index contributed by atoms with van der Waals surface area (Å²) in [5, 5.41) is 0. The van der Waals surface area contributed by atoms with Crippen molar-refractivity contribution in [2.75, 3.05) is 13.1 Å². The minimum atomic E-state index is -0.442. The van der Waals surface area contributed by atoms with Crippen LogP contribution in [0.3, 0.4) is 0 Å². The molecule has 1 heterocycles. The van der Waals surface area contributed by atoms with Crippen molar-refractivity contribution >= 4 is 5.91 Å². The van der Waals surface area contributed by atoms with Crippen molar-refractivity contribution in [1.29, 1.82) is 0 Å². The highest BCUT2D eigenvalue weighted by Crippen LogP contribution is 2.23. The van der Waals surface area contributed by atoms with Crippen molar-refractivity contribution in [3.05, 3.63) is 29.3 Å². The summed E-state index contributed by atoms with van der Waals surface area (Å²) in [6.07, 6.45) is 2.97. The van der Waals surface area contributed by atoms with Crippen LogP contribution in [0.2, 0.25) is 0 Å². The number of piperidine rings is 1. The zero-order chi connectivity index (χ0) is 15.4. The third-order valence-electron chi connectivity index (χ3n) is 4.04. The van der Waals surface area contributed by atoms with Gasteiger partial charge in [-0.2, -0.15) is 0 Å². The molecule has 2 atom stereocenters. The summed E-state index contributed by atoms with van der Waals surface area (Å²) in [6, 6.07) is 5.90. The molecule has 1 unspecified atom stereocenters. The highest BCUT2D eigenvalue weighted by molar-refractivity contribution is 5.81. The molecule has 0 bridgehead atoms. The van der Waals surface area contributed by atoms with Gasteiger partial charge in [0.05, 0.1) is 0 Å². The number of benzene rings is 1. The van der Waals surface area contributed by atoms with Gasteiger partial charge in [0.1, 0.15) is 5.75 Å². The van der Waals surface area contributed by atoms with Crippen molar-refractivity contribution in [1.82, 2.24) is 4.90 Å². The van der Waals surface area contributed by atoms with Crippen LogP contribution in [-0.4, -0.2) is 30.0 Å². The van der Waals surface area contributed by atoms with Gasteiger partial charge in [-0.3, -0.25) is 4.79 Å². The minimum Gasteiger partial charge on any atom is -0.481 e. The van der Waals surface area contributed by atoms with Crippen LogP contribution in [0.4, 0.5) is 0 Å². The summed E-state index contributed by atoms with van der Waals surface area (Å²) < 4.78 is 5.86. The number of hydrogen-bond acceptors (Lipinski definition) is 3. The maximum absolute atomic E-state index is 12.4. The summed E-state index contributed by atoms with van der Waals surface area (Å²) in [7, 11) is 0. The smallest absolute Gasteiger partial charge is 0.263 e. The fourth-order valence-electron chi connectivity index (χ4n) is 2.70. The van der Waals surface area contributed by atoms with E-state index in [2.05, 4.69) is 0 Å². The largest absolute Gasteiger partial charge is 0.481 e. The number of nitrogens with two attached hydrogens (primary N) is 1. The lowest BCUT2D eigenvalue weighted by Gasteiger charge is -2.29. The van der Waals surface area contributed by atoms with Gasteiger partial charge in [-0.1, -0.05) is 12.1 Å². The van der Waals surface area contributed by atoms with Crippen molar-refractivity contribution < 1.29 is 9.53 Å². The van der Waals surface area contributed by atoms with E-state index in [1.807, 2.05) is 43.9 Å². The maximum atomic E-state index is 12.4. The standard InChI is InChI=1S/C17H26N2O2/c1-12-11-15(13(2)18)7-8-16(12)21-14(3)17(20)19-9-5-4-6-10-19/h7-8,11,13-14H,4-6,9-10,18H2,1-3H3/t13-,14?/m0/s1. The molecule has 1 aliphatic rings. The van der Waals surface area contributed by atoms with Crippen LogP contribution in [0.5, 0.6) is 5.75 Å². The first-order valence-corrected chi connectivity index (χ1v) is 7.80. The summed E-state index contributed by atoms with van der Waals surface area (Å²) >= 11 is 0. The van der Waals surface area contributed by atoms with Gasteiger partial charge in [-0.05, 0) is 57.2 Å². The van der Waals surface area contributed by atoms with Gasteiger partial charge in [-0.15, -0.1) is 0 Å². The van der Waals surface area contributed by atoms with Crippen LogP contribution in [-0.2, 0) is 4.79 Å². The zero-order valence-electron chi connectivity index (χ0n) is 13.3. The van der Waals surface area contributed by atoms with E-state index in [0.29, 0.717) is 0 Å². The zero-order valence-corrected chi connectivity index (χ0v) is 13.3. The molecular weight excluding hydrogens is 264 g/mol. The molecule has 116 valence electrons. The number of nitrogens with zero attached hydrogens (tertiary/aromatic N) is 1. The molecule has 21 heavy (non-hydrogen) atoms. The number of hydrogen-bond donors (Lipinski definition) is 1. The molecule has 0 saturated carbocycles. The quantitative estimate of drug-likeness (QED) is 0.927. The second-order valence-electron chi connectivity index (χ2n) is 5.96.